The van der Waals surface area contributed by atoms with Crippen LogP contribution in [0.3, 0.4) is 0 Å². The van der Waals surface area contributed by atoms with Gasteiger partial charge in [0, 0.05) is 11.8 Å². The smallest absolute Gasteiger partial charge is 0.206 e. The molecule has 0 aliphatic rings. The molecule has 0 amide bonds. The molecule has 2 N–H and O–H groups in total. The maximum absolute atomic E-state index is 12.3. The van der Waals surface area contributed by atoms with Crippen LogP contribution >= 0.6 is 38.9 Å². The maximum Gasteiger partial charge on any atom is 0.206 e. The average Bonchev–Trinajstić information content (AvgIpc) is 2.68. The van der Waals surface area contributed by atoms with Crippen molar-refractivity contribution in [3.05, 3.63) is 43.5 Å². The number of nitrogens with two attached hydrogens (primary N) is 1. The summed E-state index contributed by atoms with van der Waals surface area (Å²) >= 11 is 10.5. The number of halogens is 2. The topological polar surface area (TPSA) is 52.3 Å². The van der Waals surface area contributed by atoms with E-state index >= 15 is 0 Å². The highest BCUT2D eigenvalue weighted by atomic mass is 79.9. The molecule has 1 aromatic carbocycles. The van der Waals surface area contributed by atoms with Gasteiger partial charge in [-0.25, -0.2) is 0 Å². The maximum atomic E-state index is 12.3. The summed E-state index contributed by atoms with van der Waals surface area (Å²) in [6.45, 7) is 0. The predicted octanol–water partition coefficient (Wildman–Crippen LogP) is 3.99. The Bertz CT molecular complexity index is 593. The number of methoxy groups -OCH3 is 1. The van der Waals surface area contributed by atoms with Crippen molar-refractivity contribution in [1.29, 1.82) is 0 Å². The largest absolute Gasteiger partial charge is 0.496 e. The van der Waals surface area contributed by atoms with Gasteiger partial charge >= 0.3 is 0 Å². The summed E-state index contributed by atoms with van der Waals surface area (Å²) in [5.41, 5.74) is 6.67. The minimum absolute atomic E-state index is 0.135. The van der Waals surface area contributed by atoms with E-state index in [1.807, 2.05) is 0 Å². The standard InChI is InChI=1S/C12H9BrClNO2S/c1-17-9-4-6(15)2-3-7(9)11(16)10-5-8(14)12(13)18-10/h2-5H,15H2,1H3. The number of benzene rings is 1. The number of carbonyl (C=O) groups excluding carboxylic acids is 1. The second kappa shape index (κ2) is 5.30. The van der Waals surface area contributed by atoms with E-state index in [-0.39, 0.29) is 5.78 Å². The molecule has 18 heavy (non-hydrogen) atoms. The molecule has 0 fully saturated rings. The first kappa shape index (κ1) is 13.4. The highest BCUT2D eigenvalue weighted by Crippen LogP contribution is 2.34. The molecule has 0 spiro atoms. The zero-order chi connectivity index (χ0) is 13.3. The van der Waals surface area contributed by atoms with Crippen LogP contribution in [-0.2, 0) is 0 Å². The van der Waals surface area contributed by atoms with Gasteiger partial charge in [0.2, 0.25) is 5.78 Å². The predicted molar refractivity (Wildman–Crippen MR) is 77.9 cm³/mol. The van der Waals surface area contributed by atoms with Crippen LogP contribution in [0.4, 0.5) is 5.69 Å². The van der Waals surface area contributed by atoms with E-state index in [1.165, 1.54) is 18.4 Å². The van der Waals surface area contributed by atoms with E-state index in [9.17, 15) is 4.79 Å². The fourth-order valence-electron chi connectivity index (χ4n) is 1.49. The van der Waals surface area contributed by atoms with E-state index in [0.717, 1.165) is 3.79 Å². The molecule has 0 bridgehead atoms. The number of nitrogen functional groups attached to an aromatic ring is 1. The van der Waals surface area contributed by atoms with Crippen LogP contribution in [0.25, 0.3) is 0 Å². The molecule has 94 valence electrons. The van der Waals surface area contributed by atoms with Gasteiger partial charge in [-0.1, -0.05) is 11.6 Å². The number of ketones is 1. The van der Waals surface area contributed by atoms with Crippen LogP contribution in [0.5, 0.6) is 5.75 Å². The molecule has 1 aromatic heterocycles. The lowest BCUT2D eigenvalue weighted by atomic mass is 10.1. The number of ether oxygens (including phenoxy) is 1. The molecule has 0 unspecified atom stereocenters. The van der Waals surface area contributed by atoms with Crippen LogP contribution in [0.1, 0.15) is 15.2 Å². The van der Waals surface area contributed by atoms with Crippen LogP contribution in [0.15, 0.2) is 28.1 Å². The van der Waals surface area contributed by atoms with Crippen molar-refractivity contribution in [2.45, 2.75) is 0 Å². The van der Waals surface area contributed by atoms with Crippen LogP contribution in [0.2, 0.25) is 5.02 Å². The first-order valence-corrected chi connectivity index (χ1v) is 6.94. The Kier molecular flexibility index (Phi) is 3.94. The number of anilines is 1. The van der Waals surface area contributed by atoms with Gasteiger partial charge in [-0.05, 0) is 34.1 Å². The molecule has 0 radical (unpaired) electrons. The monoisotopic (exact) mass is 345 g/mol. The van der Waals surface area contributed by atoms with Gasteiger partial charge in [0.1, 0.15) is 5.75 Å². The second-order valence-corrected chi connectivity index (χ2v) is 6.30. The van der Waals surface area contributed by atoms with Gasteiger partial charge in [-0.15, -0.1) is 11.3 Å². The zero-order valence-electron chi connectivity index (χ0n) is 9.37. The molecule has 1 heterocycles. The van der Waals surface area contributed by atoms with Crippen molar-refractivity contribution >= 4 is 50.3 Å². The van der Waals surface area contributed by atoms with Crippen LogP contribution < -0.4 is 10.5 Å². The quantitative estimate of drug-likeness (QED) is 0.675. The molecular weight excluding hydrogens is 338 g/mol. The molecule has 0 aliphatic carbocycles. The third kappa shape index (κ3) is 2.53. The summed E-state index contributed by atoms with van der Waals surface area (Å²) in [5.74, 6) is 0.324. The van der Waals surface area contributed by atoms with E-state index in [0.29, 0.717) is 26.9 Å². The summed E-state index contributed by atoms with van der Waals surface area (Å²) in [6, 6.07) is 6.57. The fourth-order valence-corrected chi connectivity index (χ4v) is 3.14. The van der Waals surface area contributed by atoms with Gasteiger partial charge in [0.05, 0.1) is 26.4 Å². The lowest BCUT2D eigenvalue weighted by Gasteiger charge is -2.07. The van der Waals surface area contributed by atoms with Crippen molar-refractivity contribution in [2.24, 2.45) is 0 Å². The number of hydrogen-bond donors (Lipinski definition) is 1. The number of carbonyl (C=O) groups is 1. The van der Waals surface area contributed by atoms with Gasteiger partial charge in [-0.3, -0.25) is 4.79 Å². The first-order chi connectivity index (χ1) is 8.52. The molecule has 0 atom stereocenters. The highest BCUT2D eigenvalue weighted by Gasteiger charge is 2.18. The highest BCUT2D eigenvalue weighted by molar-refractivity contribution is 9.11. The van der Waals surface area contributed by atoms with Gasteiger partial charge < -0.3 is 10.5 Å². The fraction of sp³-hybridized carbons (Fsp3) is 0.0833. The molecular formula is C12H9BrClNO2S. The molecule has 3 nitrogen and oxygen atoms in total. The van der Waals surface area contributed by atoms with E-state index in [4.69, 9.17) is 22.1 Å². The zero-order valence-corrected chi connectivity index (χ0v) is 12.5. The van der Waals surface area contributed by atoms with Crippen molar-refractivity contribution in [2.75, 3.05) is 12.8 Å². The summed E-state index contributed by atoms with van der Waals surface area (Å²) < 4.78 is 5.90. The minimum Gasteiger partial charge on any atom is -0.496 e. The Balaban J connectivity index is 2.45. The van der Waals surface area contributed by atoms with Crippen molar-refractivity contribution in [1.82, 2.24) is 0 Å². The Morgan fingerprint density at radius 1 is 1.44 bits per heavy atom. The second-order valence-electron chi connectivity index (χ2n) is 3.52. The van der Waals surface area contributed by atoms with Crippen LogP contribution in [-0.4, -0.2) is 12.9 Å². The minimum atomic E-state index is -0.135. The third-order valence-electron chi connectivity index (χ3n) is 2.34. The van der Waals surface area contributed by atoms with E-state index < -0.39 is 0 Å². The van der Waals surface area contributed by atoms with Crippen molar-refractivity contribution in [3.63, 3.8) is 0 Å². The molecule has 0 aliphatic heterocycles. The first-order valence-electron chi connectivity index (χ1n) is 4.96. The number of thiophene rings is 1. The van der Waals surface area contributed by atoms with Crippen molar-refractivity contribution < 1.29 is 9.53 Å². The van der Waals surface area contributed by atoms with Gasteiger partial charge in [0.15, 0.2) is 0 Å². The number of hydrogen-bond acceptors (Lipinski definition) is 4. The molecule has 6 heteroatoms. The summed E-state index contributed by atoms with van der Waals surface area (Å²) in [6.07, 6.45) is 0. The Labute approximate surface area is 122 Å². The van der Waals surface area contributed by atoms with Crippen molar-refractivity contribution in [3.8, 4) is 5.75 Å². The Morgan fingerprint density at radius 2 is 2.17 bits per heavy atom. The summed E-state index contributed by atoms with van der Waals surface area (Å²) in [7, 11) is 1.50. The SMILES string of the molecule is COc1cc(N)ccc1C(=O)c1cc(Cl)c(Br)s1. The molecule has 0 saturated carbocycles. The Hall–Kier alpha value is -1.04. The lowest BCUT2D eigenvalue weighted by Crippen LogP contribution is -2.02. The molecule has 0 saturated heterocycles. The molecule has 2 aromatic rings. The van der Waals surface area contributed by atoms with Gasteiger partial charge in [0.25, 0.3) is 0 Å². The Morgan fingerprint density at radius 3 is 2.72 bits per heavy atom. The van der Waals surface area contributed by atoms with E-state index in [2.05, 4.69) is 15.9 Å². The normalized spacial score (nSPS) is 10.4. The van der Waals surface area contributed by atoms with Crippen LogP contribution in [0, 0.1) is 0 Å². The number of rotatable bonds is 3. The summed E-state index contributed by atoms with van der Waals surface area (Å²) in [4.78, 5) is 12.9. The summed E-state index contributed by atoms with van der Waals surface area (Å²) in [5, 5.41) is 0.526. The lowest BCUT2D eigenvalue weighted by molar-refractivity contribution is 0.103. The average molecular weight is 347 g/mol. The third-order valence-corrected chi connectivity index (χ3v) is 4.81. The van der Waals surface area contributed by atoms with Gasteiger partial charge in [-0.2, -0.15) is 0 Å². The molecule has 2 rings (SSSR count). The van der Waals surface area contributed by atoms with E-state index in [1.54, 1.807) is 24.3 Å².